The summed E-state index contributed by atoms with van der Waals surface area (Å²) in [5, 5.41) is 16.5. The van der Waals surface area contributed by atoms with Crippen molar-refractivity contribution in [2.75, 3.05) is 59.5 Å². The largest absolute Gasteiger partial charge is 1.00 e. The van der Waals surface area contributed by atoms with E-state index in [4.69, 9.17) is 24.4 Å². The van der Waals surface area contributed by atoms with Crippen molar-refractivity contribution in [2.24, 2.45) is 0 Å². The minimum Gasteiger partial charge on any atom is -0.726 e. The number of hydrogen-bond acceptors (Lipinski definition) is 9. The Hall–Kier alpha value is 0.670. The molecule has 0 saturated carbocycles. The molecular formula is C22H49NaO9S. The fourth-order valence-electron chi connectivity index (χ4n) is 2.41. The van der Waals surface area contributed by atoms with Crippen LogP contribution in [-0.4, -0.2) is 82.6 Å². The maximum atomic E-state index is 10.1. The molecule has 0 radical (unpaired) electrons. The van der Waals surface area contributed by atoms with Gasteiger partial charge in [0.1, 0.15) is 0 Å². The zero-order valence-electron chi connectivity index (χ0n) is 21.6. The van der Waals surface area contributed by atoms with Crippen LogP contribution in [0.5, 0.6) is 0 Å². The van der Waals surface area contributed by atoms with Gasteiger partial charge in [-0.15, -0.1) is 0 Å². The molecule has 2 N–H and O–H groups in total. The van der Waals surface area contributed by atoms with Crippen LogP contribution in [0, 0.1) is 0 Å². The van der Waals surface area contributed by atoms with Crippen molar-refractivity contribution in [3.8, 4) is 0 Å². The van der Waals surface area contributed by atoms with Crippen LogP contribution >= 0.6 is 0 Å². The summed E-state index contributed by atoms with van der Waals surface area (Å²) in [6.07, 6.45) is 11.7. The second-order valence-corrected chi connectivity index (χ2v) is 7.92. The molecule has 0 aromatic rings. The third kappa shape index (κ3) is 54.9. The van der Waals surface area contributed by atoms with Crippen molar-refractivity contribution in [1.82, 2.24) is 0 Å². The number of rotatable bonds is 21. The van der Waals surface area contributed by atoms with Crippen LogP contribution < -0.4 is 29.6 Å². The Balaban J connectivity index is -0.000000222. The number of unbranched alkanes of at least 4 members (excludes halogenated alkanes) is 9. The van der Waals surface area contributed by atoms with E-state index in [2.05, 4.69) is 11.1 Å². The molecule has 0 atom stereocenters. The van der Waals surface area contributed by atoms with Crippen molar-refractivity contribution in [3.05, 3.63) is 0 Å². The molecule has 0 aliphatic heterocycles. The van der Waals surface area contributed by atoms with Crippen LogP contribution in [0.15, 0.2) is 0 Å². The van der Waals surface area contributed by atoms with Crippen LogP contribution in [0.3, 0.4) is 0 Å². The van der Waals surface area contributed by atoms with Gasteiger partial charge in [-0.2, -0.15) is 0 Å². The summed E-state index contributed by atoms with van der Waals surface area (Å²) < 4.78 is 49.0. The predicted octanol–water partition coefficient (Wildman–Crippen LogP) is 0.435. The Morgan fingerprint density at radius 2 is 1.00 bits per heavy atom. The second-order valence-electron chi connectivity index (χ2n) is 6.87. The molecule has 0 heterocycles. The molecule has 0 unspecified atom stereocenters. The van der Waals surface area contributed by atoms with Gasteiger partial charge in [0.05, 0.1) is 46.2 Å². The van der Waals surface area contributed by atoms with Crippen LogP contribution in [0.4, 0.5) is 0 Å². The average molecular weight is 513 g/mol. The van der Waals surface area contributed by atoms with Gasteiger partial charge in [0.15, 0.2) is 0 Å². The number of hydrogen-bond donors (Lipinski definition) is 2. The van der Waals surface area contributed by atoms with Gasteiger partial charge in [-0.05, 0) is 20.3 Å². The van der Waals surface area contributed by atoms with Gasteiger partial charge < -0.3 is 29.0 Å². The Morgan fingerprint density at radius 3 is 1.30 bits per heavy atom. The smallest absolute Gasteiger partial charge is 0.726 e. The molecule has 0 fully saturated rings. The SMILES string of the molecule is CCCCCCCCCCCCOS(=O)(=O)[O-].CCOCC.OCCOCCOCCO.[Na+]. The van der Waals surface area contributed by atoms with Crippen LogP contribution in [0.25, 0.3) is 0 Å². The Morgan fingerprint density at radius 1 is 0.606 bits per heavy atom. The standard InChI is InChI=1S/C12H26O4S.C6H14O4.C4H10O.Na/c1-2-3-4-5-6-7-8-9-10-11-12-16-17(13,14)15;7-1-3-9-5-6-10-4-2-8;1-3-5-4-2;/h2-12H2,1H3,(H,13,14,15);7-8H,1-6H2;3-4H2,1-2H3;/q;;;+1/p-1. The third-order valence-electron chi connectivity index (χ3n) is 3.98. The molecule has 9 nitrogen and oxygen atoms in total. The van der Waals surface area contributed by atoms with Crippen molar-refractivity contribution >= 4 is 10.4 Å². The van der Waals surface area contributed by atoms with Gasteiger partial charge in [-0.3, -0.25) is 4.18 Å². The first-order valence-electron chi connectivity index (χ1n) is 11.9. The molecule has 33 heavy (non-hydrogen) atoms. The molecule has 0 aliphatic rings. The van der Waals surface area contributed by atoms with E-state index in [1.54, 1.807) is 0 Å². The molecule has 0 aromatic heterocycles. The molecule has 0 aliphatic carbocycles. The van der Waals surface area contributed by atoms with Gasteiger partial charge in [0, 0.05) is 13.2 Å². The third-order valence-corrected chi connectivity index (χ3v) is 4.43. The van der Waals surface area contributed by atoms with Crippen molar-refractivity contribution in [2.45, 2.75) is 85.0 Å². The van der Waals surface area contributed by atoms with Gasteiger partial charge in [0.25, 0.3) is 0 Å². The van der Waals surface area contributed by atoms with Gasteiger partial charge in [-0.25, -0.2) is 8.42 Å². The first-order valence-corrected chi connectivity index (χ1v) is 13.3. The minimum absolute atomic E-state index is 0. The fourth-order valence-corrected chi connectivity index (χ4v) is 2.73. The quantitative estimate of drug-likeness (QED) is 0.0972. The molecule has 0 saturated heterocycles. The summed E-state index contributed by atoms with van der Waals surface area (Å²) in [5.74, 6) is 0. The molecular weight excluding hydrogens is 463 g/mol. The number of aliphatic hydroxyl groups is 2. The average Bonchev–Trinajstić information content (AvgIpc) is 2.75. The molecule has 0 aromatic carbocycles. The van der Waals surface area contributed by atoms with Gasteiger partial charge in [0.2, 0.25) is 10.4 Å². The summed E-state index contributed by atoms with van der Waals surface area (Å²) in [4.78, 5) is 0. The molecule has 0 amide bonds. The Bertz CT molecular complexity index is 403. The van der Waals surface area contributed by atoms with Crippen LogP contribution in [-0.2, 0) is 28.8 Å². The topological polar surface area (TPSA) is 135 Å². The van der Waals surface area contributed by atoms with E-state index in [1.807, 2.05) is 13.8 Å². The first-order chi connectivity index (χ1) is 15.4. The van der Waals surface area contributed by atoms with Crippen molar-refractivity contribution < 1.29 is 71.1 Å². The second kappa shape index (κ2) is 37.2. The zero-order chi connectivity index (χ0) is 24.8. The van der Waals surface area contributed by atoms with Gasteiger partial charge in [-0.1, -0.05) is 64.7 Å². The summed E-state index contributed by atoms with van der Waals surface area (Å²) in [6, 6.07) is 0. The number of ether oxygens (including phenoxy) is 3. The first kappa shape index (κ1) is 40.8. The Kier molecular flexibility index (Phi) is 46.0. The maximum Gasteiger partial charge on any atom is 1.00 e. The van der Waals surface area contributed by atoms with E-state index >= 15 is 0 Å². The van der Waals surface area contributed by atoms with E-state index in [0.29, 0.717) is 32.8 Å². The summed E-state index contributed by atoms with van der Waals surface area (Å²) in [5.41, 5.74) is 0. The van der Waals surface area contributed by atoms with E-state index in [0.717, 1.165) is 26.1 Å². The van der Waals surface area contributed by atoms with E-state index in [1.165, 1.54) is 44.9 Å². The van der Waals surface area contributed by atoms with Crippen LogP contribution in [0.1, 0.15) is 85.0 Å². The molecule has 198 valence electrons. The monoisotopic (exact) mass is 512 g/mol. The van der Waals surface area contributed by atoms with E-state index in [-0.39, 0.29) is 49.4 Å². The molecule has 11 heteroatoms. The minimum atomic E-state index is -4.48. The summed E-state index contributed by atoms with van der Waals surface area (Å²) >= 11 is 0. The van der Waals surface area contributed by atoms with Gasteiger partial charge >= 0.3 is 29.6 Å². The normalized spacial score (nSPS) is 10.5. The maximum absolute atomic E-state index is 10.1. The number of aliphatic hydroxyl groups excluding tert-OH is 2. The Labute approximate surface area is 225 Å². The van der Waals surface area contributed by atoms with Crippen molar-refractivity contribution in [3.63, 3.8) is 0 Å². The molecule has 0 bridgehead atoms. The van der Waals surface area contributed by atoms with Crippen LogP contribution in [0.2, 0.25) is 0 Å². The summed E-state index contributed by atoms with van der Waals surface area (Å²) in [7, 11) is -4.48. The molecule has 0 spiro atoms. The van der Waals surface area contributed by atoms with Crippen molar-refractivity contribution in [1.29, 1.82) is 0 Å². The molecule has 0 rings (SSSR count). The van der Waals surface area contributed by atoms with E-state index in [9.17, 15) is 13.0 Å². The predicted molar refractivity (Wildman–Crippen MR) is 125 cm³/mol. The summed E-state index contributed by atoms with van der Waals surface area (Å²) in [6.45, 7) is 9.64. The van der Waals surface area contributed by atoms with E-state index < -0.39 is 10.4 Å². The zero-order valence-corrected chi connectivity index (χ0v) is 24.4. The fraction of sp³-hybridized carbons (Fsp3) is 1.00.